The molecule has 7 heteroatoms. The van der Waals surface area contributed by atoms with Gasteiger partial charge in [0, 0.05) is 23.7 Å². The van der Waals surface area contributed by atoms with Gasteiger partial charge in [-0.1, -0.05) is 18.5 Å². The molecule has 4 nitrogen and oxygen atoms in total. The van der Waals surface area contributed by atoms with Crippen molar-refractivity contribution in [2.45, 2.75) is 32.4 Å². The summed E-state index contributed by atoms with van der Waals surface area (Å²) in [5, 5.41) is 3.58. The number of pyridine rings is 1. The first-order chi connectivity index (χ1) is 10.9. The van der Waals surface area contributed by atoms with E-state index >= 15 is 0 Å². The molecule has 1 amide bonds. The number of carbonyl (C=O) groups is 1. The third-order valence-electron chi connectivity index (χ3n) is 3.92. The van der Waals surface area contributed by atoms with Gasteiger partial charge < -0.3 is 10.1 Å². The molecule has 0 bridgehead atoms. The van der Waals surface area contributed by atoms with Crippen LogP contribution in [0.3, 0.4) is 0 Å². The maximum atomic E-state index is 12.3. The zero-order valence-electron chi connectivity index (χ0n) is 12.4. The van der Waals surface area contributed by atoms with E-state index in [2.05, 4.69) is 22.0 Å². The lowest BCUT2D eigenvalue weighted by molar-refractivity contribution is -0.0497. The van der Waals surface area contributed by atoms with Gasteiger partial charge in [0.15, 0.2) is 0 Å². The maximum Gasteiger partial charge on any atom is 0.387 e. The van der Waals surface area contributed by atoms with Crippen molar-refractivity contribution in [2.75, 3.05) is 0 Å². The van der Waals surface area contributed by atoms with E-state index in [0.29, 0.717) is 22.4 Å². The standard InChI is InChI=1S/C16H15ClF2N2O2/c1-8-2-11(3-8)21-15(22)10-4-9-5-12(17)14(23-16(18)19)6-13(9)20-7-10/h4-8,11,16H,2-3H2,1H3,(H,21,22). The van der Waals surface area contributed by atoms with Crippen molar-refractivity contribution in [3.8, 4) is 5.75 Å². The molecule has 1 saturated carbocycles. The molecule has 23 heavy (non-hydrogen) atoms. The number of nitrogens with zero attached hydrogens (tertiary/aromatic N) is 1. The van der Waals surface area contributed by atoms with Gasteiger partial charge in [-0.2, -0.15) is 8.78 Å². The fourth-order valence-corrected chi connectivity index (χ4v) is 2.95. The Balaban J connectivity index is 1.82. The fraction of sp³-hybridized carbons (Fsp3) is 0.375. The fourth-order valence-electron chi connectivity index (χ4n) is 2.73. The third-order valence-corrected chi connectivity index (χ3v) is 4.22. The Labute approximate surface area is 136 Å². The molecule has 1 aliphatic rings. The Morgan fingerprint density at radius 3 is 2.78 bits per heavy atom. The lowest BCUT2D eigenvalue weighted by Gasteiger charge is -2.33. The van der Waals surface area contributed by atoms with E-state index < -0.39 is 6.61 Å². The Hall–Kier alpha value is -1.95. The van der Waals surface area contributed by atoms with E-state index in [4.69, 9.17) is 11.6 Å². The number of fused-ring (bicyclic) bond motifs is 1. The average Bonchev–Trinajstić information content (AvgIpc) is 2.45. The van der Waals surface area contributed by atoms with Crippen LogP contribution in [0, 0.1) is 5.92 Å². The van der Waals surface area contributed by atoms with Crippen molar-refractivity contribution >= 4 is 28.4 Å². The van der Waals surface area contributed by atoms with Crippen LogP contribution in [-0.2, 0) is 0 Å². The van der Waals surface area contributed by atoms with E-state index in [1.807, 2.05) is 0 Å². The molecule has 3 rings (SSSR count). The number of nitrogens with one attached hydrogen (secondary N) is 1. The zero-order chi connectivity index (χ0) is 16.6. The lowest BCUT2D eigenvalue weighted by atomic mass is 9.82. The van der Waals surface area contributed by atoms with Crippen LogP contribution < -0.4 is 10.1 Å². The first kappa shape index (κ1) is 15.9. The highest BCUT2D eigenvalue weighted by atomic mass is 35.5. The monoisotopic (exact) mass is 340 g/mol. The van der Waals surface area contributed by atoms with Crippen molar-refractivity contribution in [3.63, 3.8) is 0 Å². The topological polar surface area (TPSA) is 51.2 Å². The summed E-state index contributed by atoms with van der Waals surface area (Å²) in [6.07, 6.45) is 3.37. The Kier molecular flexibility index (Phi) is 4.35. The van der Waals surface area contributed by atoms with Gasteiger partial charge in [0.25, 0.3) is 5.91 Å². The van der Waals surface area contributed by atoms with Crippen LogP contribution in [0.2, 0.25) is 5.02 Å². The summed E-state index contributed by atoms with van der Waals surface area (Å²) < 4.78 is 28.9. The number of rotatable bonds is 4. The second-order valence-electron chi connectivity index (χ2n) is 5.82. The minimum Gasteiger partial charge on any atom is -0.433 e. The first-order valence-corrected chi connectivity index (χ1v) is 7.65. The molecule has 1 aromatic heterocycles. The van der Waals surface area contributed by atoms with Crippen LogP contribution in [0.5, 0.6) is 5.75 Å². The van der Waals surface area contributed by atoms with E-state index in [0.717, 1.165) is 12.8 Å². The minimum absolute atomic E-state index is 0.0463. The van der Waals surface area contributed by atoms with E-state index in [1.54, 1.807) is 6.07 Å². The van der Waals surface area contributed by atoms with E-state index in [1.165, 1.54) is 18.3 Å². The number of benzene rings is 1. The molecule has 1 heterocycles. The molecule has 0 spiro atoms. The molecular formula is C16H15ClF2N2O2. The van der Waals surface area contributed by atoms with Crippen molar-refractivity contribution in [3.05, 3.63) is 35.0 Å². The highest BCUT2D eigenvalue weighted by Gasteiger charge is 2.27. The van der Waals surface area contributed by atoms with Crippen LogP contribution in [-0.4, -0.2) is 23.5 Å². The minimum atomic E-state index is -2.96. The van der Waals surface area contributed by atoms with Crippen LogP contribution in [0.1, 0.15) is 30.1 Å². The molecule has 2 aromatic rings. The molecule has 1 N–H and O–H groups in total. The van der Waals surface area contributed by atoms with Gasteiger partial charge in [-0.15, -0.1) is 0 Å². The Morgan fingerprint density at radius 2 is 2.13 bits per heavy atom. The molecule has 1 aliphatic carbocycles. The molecule has 122 valence electrons. The highest BCUT2D eigenvalue weighted by molar-refractivity contribution is 6.32. The molecule has 0 unspecified atom stereocenters. The summed E-state index contributed by atoms with van der Waals surface area (Å²) in [6, 6.07) is 4.64. The number of carbonyl (C=O) groups excluding carboxylic acids is 1. The molecule has 1 fully saturated rings. The Bertz CT molecular complexity index is 748. The molecule has 0 aliphatic heterocycles. The number of halogens is 3. The maximum absolute atomic E-state index is 12.3. The van der Waals surface area contributed by atoms with Gasteiger partial charge in [-0.05, 0) is 30.9 Å². The van der Waals surface area contributed by atoms with Gasteiger partial charge in [0.1, 0.15) is 5.75 Å². The van der Waals surface area contributed by atoms with Gasteiger partial charge in [-0.25, -0.2) is 0 Å². The van der Waals surface area contributed by atoms with Crippen molar-refractivity contribution in [2.24, 2.45) is 5.92 Å². The second-order valence-corrected chi connectivity index (χ2v) is 6.23. The van der Waals surface area contributed by atoms with Gasteiger partial charge in [0.05, 0.1) is 16.1 Å². The van der Waals surface area contributed by atoms with Crippen LogP contribution >= 0.6 is 11.6 Å². The normalized spacial score (nSPS) is 20.4. The predicted octanol–water partition coefficient (Wildman–Crippen LogP) is 4.02. The summed E-state index contributed by atoms with van der Waals surface area (Å²) in [5.74, 6) is 0.310. The highest BCUT2D eigenvalue weighted by Crippen LogP contribution is 2.31. The zero-order valence-corrected chi connectivity index (χ0v) is 13.1. The van der Waals surface area contributed by atoms with Crippen molar-refractivity contribution < 1.29 is 18.3 Å². The largest absolute Gasteiger partial charge is 0.433 e. The summed E-state index contributed by atoms with van der Waals surface area (Å²) in [5.41, 5.74) is 0.842. The first-order valence-electron chi connectivity index (χ1n) is 7.27. The van der Waals surface area contributed by atoms with E-state index in [-0.39, 0.29) is 22.7 Å². The number of hydrogen-bond acceptors (Lipinski definition) is 3. The van der Waals surface area contributed by atoms with Gasteiger partial charge in [-0.3, -0.25) is 9.78 Å². The number of aromatic nitrogens is 1. The van der Waals surface area contributed by atoms with Crippen LogP contribution in [0.15, 0.2) is 24.4 Å². The molecule has 1 aromatic carbocycles. The summed E-state index contributed by atoms with van der Waals surface area (Å²) in [4.78, 5) is 16.3. The number of alkyl halides is 2. The lowest BCUT2D eigenvalue weighted by Crippen LogP contribution is -2.43. The predicted molar refractivity (Wildman–Crippen MR) is 83.0 cm³/mol. The molecule has 0 radical (unpaired) electrons. The smallest absolute Gasteiger partial charge is 0.387 e. The van der Waals surface area contributed by atoms with Crippen LogP contribution in [0.4, 0.5) is 8.78 Å². The quantitative estimate of drug-likeness (QED) is 0.914. The summed E-state index contributed by atoms with van der Waals surface area (Å²) in [7, 11) is 0. The van der Waals surface area contributed by atoms with Gasteiger partial charge in [0.2, 0.25) is 0 Å². The number of ether oxygens (including phenoxy) is 1. The third kappa shape index (κ3) is 3.52. The Morgan fingerprint density at radius 1 is 1.39 bits per heavy atom. The van der Waals surface area contributed by atoms with Crippen molar-refractivity contribution in [1.82, 2.24) is 10.3 Å². The number of amides is 1. The van der Waals surface area contributed by atoms with E-state index in [9.17, 15) is 13.6 Å². The summed E-state index contributed by atoms with van der Waals surface area (Å²) in [6.45, 7) is -0.818. The SMILES string of the molecule is CC1CC(NC(=O)c2cnc3cc(OC(F)F)c(Cl)cc3c2)C1. The molecular weight excluding hydrogens is 326 g/mol. The van der Waals surface area contributed by atoms with Crippen LogP contribution in [0.25, 0.3) is 10.9 Å². The second kappa shape index (κ2) is 6.28. The molecule has 0 saturated heterocycles. The average molecular weight is 341 g/mol. The van der Waals surface area contributed by atoms with Crippen molar-refractivity contribution in [1.29, 1.82) is 0 Å². The van der Waals surface area contributed by atoms with Gasteiger partial charge >= 0.3 is 6.61 Å². The summed E-state index contributed by atoms with van der Waals surface area (Å²) >= 11 is 5.92. The number of hydrogen-bond donors (Lipinski definition) is 1. The molecule has 0 atom stereocenters.